The fraction of sp³-hybridized carbons (Fsp3) is 0.235. The van der Waals surface area contributed by atoms with Gasteiger partial charge in [0.05, 0.1) is 23.1 Å². The molecule has 0 N–H and O–H groups in total. The zero-order valence-corrected chi connectivity index (χ0v) is 15.1. The lowest BCUT2D eigenvalue weighted by Gasteiger charge is -2.18. The zero-order valence-electron chi connectivity index (χ0n) is 13.4. The van der Waals surface area contributed by atoms with Gasteiger partial charge in [0.25, 0.3) is 0 Å². The highest BCUT2D eigenvalue weighted by molar-refractivity contribution is 8.00. The highest BCUT2D eigenvalue weighted by Crippen LogP contribution is 2.29. The second-order valence-electron chi connectivity index (χ2n) is 5.16. The van der Waals surface area contributed by atoms with Gasteiger partial charge in [-0.1, -0.05) is 30.0 Å². The Kier molecular flexibility index (Phi) is 5.32. The van der Waals surface area contributed by atoms with E-state index in [0.717, 1.165) is 26.6 Å². The molecule has 1 amide bonds. The van der Waals surface area contributed by atoms with Gasteiger partial charge in [-0.2, -0.15) is 0 Å². The molecule has 0 aliphatic heterocycles. The average molecular weight is 359 g/mol. The normalized spacial score (nSPS) is 10.8. The van der Waals surface area contributed by atoms with Gasteiger partial charge < -0.3 is 9.64 Å². The van der Waals surface area contributed by atoms with Gasteiger partial charge in [-0.15, -0.1) is 11.3 Å². The number of para-hydroxylation sites is 1. The number of ether oxygens (including phenoxy) is 1. The highest BCUT2D eigenvalue weighted by Gasteiger charge is 2.14. The smallest absolute Gasteiger partial charge is 0.233 e. The topological polar surface area (TPSA) is 55.3 Å². The maximum absolute atomic E-state index is 12.4. The SMILES string of the molecule is COc1ccccc1CN(C)C(=O)CSc1ncnc2ccsc12. The van der Waals surface area contributed by atoms with Crippen molar-refractivity contribution in [1.29, 1.82) is 0 Å². The zero-order chi connectivity index (χ0) is 16.9. The highest BCUT2D eigenvalue weighted by atomic mass is 32.2. The van der Waals surface area contributed by atoms with Crippen molar-refractivity contribution >= 4 is 39.2 Å². The van der Waals surface area contributed by atoms with Crippen LogP contribution < -0.4 is 4.74 Å². The van der Waals surface area contributed by atoms with Crippen LogP contribution in [-0.4, -0.2) is 40.7 Å². The maximum atomic E-state index is 12.4. The summed E-state index contributed by atoms with van der Waals surface area (Å²) >= 11 is 3.04. The number of rotatable bonds is 6. The number of methoxy groups -OCH3 is 1. The predicted molar refractivity (Wildman–Crippen MR) is 97.6 cm³/mol. The van der Waals surface area contributed by atoms with Crippen molar-refractivity contribution < 1.29 is 9.53 Å². The molecule has 24 heavy (non-hydrogen) atoms. The molecule has 0 saturated heterocycles. The summed E-state index contributed by atoms with van der Waals surface area (Å²) in [6.07, 6.45) is 1.54. The molecule has 3 aromatic rings. The van der Waals surface area contributed by atoms with Gasteiger partial charge in [-0.05, 0) is 17.5 Å². The standard InChI is InChI=1S/C17H17N3O2S2/c1-20(9-12-5-3-4-6-14(12)22-2)15(21)10-24-17-16-13(7-8-23-16)18-11-19-17/h3-8,11H,9-10H2,1-2H3. The number of carbonyl (C=O) groups excluding carboxylic acids is 1. The molecule has 0 atom stereocenters. The molecule has 0 unspecified atom stereocenters. The van der Waals surface area contributed by atoms with Gasteiger partial charge in [0, 0.05) is 19.2 Å². The van der Waals surface area contributed by atoms with Gasteiger partial charge in [-0.25, -0.2) is 9.97 Å². The summed E-state index contributed by atoms with van der Waals surface area (Å²) in [4.78, 5) is 22.6. The number of amides is 1. The maximum Gasteiger partial charge on any atom is 0.233 e. The first-order valence-corrected chi connectivity index (χ1v) is 9.22. The second kappa shape index (κ2) is 7.63. The van der Waals surface area contributed by atoms with E-state index in [-0.39, 0.29) is 5.91 Å². The average Bonchev–Trinajstić information content (AvgIpc) is 3.09. The largest absolute Gasteiger partial charge is 0.496 e. The lowest BCUT2D eigenvalue weighted by Crippen LogP contribution is -2.28. The quantitative estimate of drug-likeness (QED) is 0.498. The van der Waals surface area contributed by atoms with Gasteiger partial charge in [0.1, 0.15) is 17.1 Å². The molecular formula is C17H17N3O2S2. The van der Waals surface area contributed by atoms with E-state index in [0.29, 0.717) is 12.3 Å². The third-order valence-corrected chi connectivity index (χ3v) is 5.58. The molecule has 0 fully saturated rings. The van der Waals surface area contributed by atoms with Crippen LogP contribution in [0.25, 0.3) is 10.2 Å². The number of aromatic nitrogens is 2. The van der Waals surface area contributed by atoms with E-state index in [4.69, 9.17) is 4.74 Å². The number of benzene rings is 1. The van der Waals surface area contributed by atoms with Crippen LogP contribution in [0.2, 0.25) is 0 Å². The number of fused-ring (bicyclic) bond motifs is 1. The molecule has 0 saturated carbocycles. The molecule has 3 rings (SSSR count). The van der Waals surface area contributed by atoms with E-state index in [1.165, 1.54) is 11.8 Å². The van der Waals surface area contributed by atoms with Crippen molar-refractivity contribution in [1.82, 2.24) is 14.9 Å². The van der Waals surface area contributed by atoms with Crippen molar-refractivity contribution in [3.05, 3.63) is 47.6 Å². The van der Waals surface area contributed by atoms with Crippen LogP contribution in [-0.2, 0) is 11.3 Å². The van der Waals surface area contributed by atoms with Crippen LogP contribution in [0.4, 0.5) is 0 Å². The molecule has 7 heteroatoms. The molecule has 1 aromatic carbocycles. The van der Waals surface area contributed by atoms with Crippen molar-refractivity contribution in [3.63, 3.8) is 0 Å². The fourth-order valence-corrected chi connectivity index (χ4v) is 4.17. The van der Waals surface area contributed by atoms with E-state index in [1.807, 2.05) is 35.7 Å². The minimum absolute atomic E-state index is 0.0502. The summed E-state index contributed by atoms with van der Waals surface area (Å²) in [5.74, 6) is 1.19. The minimum Gasteiger partial charge on any atom is -0.496 e. The molecule has 0 spiro atoms. The Morgan fingerprint density at radius 1 is 1.29 bits per heavy atom. The van der Waals surface area contributed by atoms with Gasteiger partial charge >= 0.3 is 0 Å². The van der Waals surface area contributed by atoms with Crippen molar-refractivity contribution in [2.45, 2.75) is 11.6 Å². The summed E-state index contributed by atoms with van der Waals surface area (Å²) in [5, 5.41) is 2.84. The Labute approximate surface area is 148 Å². The third kappa shape index (κ3) is 3.68. The van der Waals surface area contributed by atoms with E-state index in [1.54, 1.807) is 36.7 Å². The molecule has 0 aliphatic rings. The van der Waals surface area contributed by atoms with Crippen molar-refractivity contribution in [2.75, 3.05) is 19.9 Å². The Hall–Kier alpha value is -2.12. The lowest BCUT2D eigenvalue weighted by atomic mass is 10.2. The molecule has 5 nitrogen and oxygen atoms in total. The van der Waals surface area contributed by atoms with E-state index in [9.17, 15) is 4.79 Å². The number of hydrogen-bond donors (Lipinski definition) is 0. The summed E-state index contributed by atoms with van der Waals surface area (Å²) in [6.45, 7) is 0.515. The lowest BCUT2D eigenvalue weighted by molar-refractivity contribution is -0.127. The molecule has 0 radical (unpaired) electrons. The molecule has 0 aliphatic carbocycles. The Morgan fingerprint density at radius 3 is 2.96 bits per heavy atom. The molecule has 2 aromatic heterocycles. The molecule has 0 bridgehead atoms. The summed E-state index contributed by atoms with van der Waals surface area (Å²) in [7, 11) is 3.44. The number of thiophene rings is 1. The van der Waals surface area contributed by atoms with Crippen LogP contribution in [0.5, 0.6) is 5.75 Å². The Bertz CT molecular complexity index is 850. The van der Waals surface area contributed by atoms with Gasteiger partial charge in [0.15, 0.2) is 0 Å². The summed E-state index contributed by atoms with van der Waals surface area (Å²) < 4.78 is 6.37. The van der Waals surface area contributed by atoms with Crippen LogP contribution in [0.3, 0.4) is 0 Å². The molecule has 2 heterocycles. The predicted octanol–water partition coefficient (Wildman–Crippen LogP) is 3.45. The molecule has 124 valence electrons. The van der Waals surface area contributed by atoms with Crippen molar-refractivity contribution in [3.8, 4) is 5.75 Å². The first-order valence-electron chi connectivity index (χ1n) is 7.36. The van der Waals surface area contributed by atoms with Crippen LogP contribution in [0, 0.1) is 0 Å². The third-order valence-electron chi connectivity index (χ3n) is 3.57. The number of thioether (sulfide) groups is 1. The number of nitrogens with zero attached hydrogens (tertiary/aromatic N) is 3. The first-order chi connectivity index (χ1) is 11.7. The van der Waals surface area contributed by atoms with E-state index in [2.05, 4.69) is 9.97 Å². The monoisotopic (exact) mass is 359 g/mol. The van der Waals surface area contributed by atoms with Gasteiger partial charge in [0.2, 0.25) is 5.91 Å². The fourth-order valence-electron chi connectivity index (χ4n) is 2.29. The van der Waals surface area contributed by atoms with Crippen molar-refractivity contribution in [2.24, 2.45) is 0 Å². The Morgan fingerprint density at radius 2 is 2.12 bits per heavy atom. The minimum atomic E-state index is 0.0502. The first kappa shape index (κ1) is 16.7. The van der Waals surface area contributed by atoms with E-state index < -0.39 is 0 Å². The summed E-state index contributed by atoms with van der Waals surface area (Å²) in [5.41, 5.74) is 1.91. The van der Waals surface area contributed by atoms with E-state index >= 15 is 0 Å². The second-order valence-corrected chi connectivity index (χ2v) is 7.04. The Balaban J connectivity index is 1.63. The molecular weight excluding hydrogens is 342 g/mol. The summed E-state index contributed by atoms with van der Waals surface area (Å²) in [6, 6.07) is 9.69. The number of hydrogen-bond acceptors (Lipinski definition) is 6. The number of carbonyl (C=O) groups is 1. The van der Waals surface area contributed by atoms with Gasteiger partial charge in [-0.3, -0.25) is 4.79 Å². The van der Waals surface area contributed by atoms with Crippen LogP contribution in [0.15, 0.2) is 47.1 Å². The van der Waals surface area contributed by atoms with Crippen LogP contribution >= 0.6 is 23.1 Å². The van der Waals surface area contributed by atoms with Crippen LogP contribution in [0.1, 0.15) is 5.56 Å².